The van der Waals surface area contributed by atoms with Gasteiger partial charge in [-0.1, -0.05) is 30.3 Å². The van der Waals surface area contributed by atoms with Crippen LogP contribution in [-0.4, -0.2) is 24.5 Å². The van der Waals surface area contributed by atoms with Gasteiger partial charge in [0.05, 0.1) is 6.04 Å². The van der Waals surface area contributed by atoms with Crippen molar-refractivity contribution in [3.8, 4) is 0 Å². The summed E-state index contributed by atoms with van der Waals surface area (Å²) in [6.07, 6.45) is 1.01. The largest absolute Gasteiger partial charge is 0.353 e. The molecule has 78 valence electrons. The lowest BCUT2D eigenvalue weighted by molar-refractivity contribution is -0.133. The molecule has 15 heavy (non-hydrogen) atoms. The molecule has 1 aromatic rings. The third-order valence-electron chi connectivity index (χ3n) is 3.43. The molecule has 0 saturated carbocycles. The number of carbonyl (C=O) groups is 1. The monoisotopic (exact) mass is 202 g/mol. The fourth-order valence-corrected chi connectivity index (χ4v) is 2.54. The van der Waals surface area contributed by atoms with Gasteiger partial charge in [0.25, 0.3) is 0 Å². The SMILES string of the molecule is O=C1NCC2NC1C2Cc1ccccc1. The van der Waals surface area contributed by atoms with Crippen LogP contribution in [-0.2, 0) is 11.2 Å². The highest BCUT2D eigenvalue weighted by Gasteiger charge is 2.47. The van der Waals surface area contributed by atoms with E-state index >= 15 is 0 Å². The van der Waals surface area contributed by atoms with Gasteiger partial charge in [-0.15, -0.1) is 0 Å². The summed E-state index contributed by atoms with van der Waals surface area (Å²) in [6, 6.07) is 10.9. The molecule has 0 radical (unpaired) electrons. The minimum Gasteiger partial charge on any atom is -0.353 e. The average molecular weight is 202 g/mol. The van der Waals surface area contributed by atoms with Gasteiger partial charge < -0.3 is 10.6 Å². The zero-order valence-corrected chi connectivity index (χ0v) is 8.44. The van der Waals surface area contributed by atoms with Gasteiger partial charge in [0.2, 0.25) is 5.91 Å². The van der Waals surface area contributed by atoms with Crippen molar-refractivity contribution in [1.29, 1.82) is 0 Å². The summed E-state index contributed by atoms with van der Waals surface area (Å²) in [4.78, 5) is 11.5. The van der Waals surface area contributed by atoms with Gasteiger partial charge in [-0.05, 0) is 12.0 Å². The number of piperidine rings is 1. The average Bonchev–Trinajstić information content (AvgIpc) is 2.27. The second-order valence-corrected chi connectivity index (χ2v) is 4.35. The number of hydrogen-bond donors (Lipinski definition) is 2. The normalized spacial score (nSPS) is 33.1. The number of piperazine rings is 1. The number of benzene rings is 1. The van der Waals surface area contributed by atoms with Gasteiger partial charge in [-0.3, -0.25) is 4.79 Å². The maximum Gasteiger partial charge on any atom is 0.237 e. The topological polar surface area (TPSA) is 41.1 Å². The Morgan fingerprint density at radius 2 is 2.07 bits per heavy atom. The third kappa shape index (κ3) is 1.43. The van der Waals surface area contributed by atoms with Crippen LogP contribution in [0.4, 0.5) is 0 Å². The second-order valence-electron chi connectivity index (χ2n) is 4.35. The van der Waals surface area contributed by atoms with E-state index in [4.69, 9.17) is 0 Å². The molecular weight excluding hydrogens is 188 g/mol. The molecule has 3 heteroatoms. The molecule has 3 saturated heterocycles. The smallest absolute Gasteiger partial charge is 0.237 e. The van der Waals surface area contributed by atoms with Crippen molar-refractivity contribution in [1.82, 2.24) is 10.6 Å². The molecule has 4 rings (SSSR count). The van der Waals surface area contributed by atoms with Crippen LogP contribution in [0, 0.1) is 5.92 Å². The van der Waals surface area contributed by atoms with Gasteiger partial charge in [0.1, 0.15) is 0 Å². The highest BCUT2D eigenvalue weighted by Crippen LogP contribution is 2.28. The first kappa shape index (κ1) is 8.92. The molecule has 0 aromatic heterocycles. The fourth-order valence-electron chi connectivity index (χ4n) is 2.54. The van der Waals surface area contributed by atoms with Crippen LogP contribution >= 0.6 is 0 Å². The van der Waals surface area contributed by atoms with Gasteiger partial charge in [0, 0.05) is 18.5 Å². The molecule has 1 amide bonds. The van der Waals surface area contributed by atoms with E-state index in [0.29, 0.717) is 12.0 Å². The highest BCUT2D eigenvalue weighted by molar-refractivity contribution is 5.85. The van der Waals surface area contributed by atoms with E-state index in [1.54, 1.807) is 0 Å². The predicted molar refractivity (Wildman–Crippen MR) is 57.4 cm³/mol. The lowest BCUT2D eigenvalue weighted by atomic mass is 9.75. The summed E-state index contributed by atoms with van der Waals surface area (Å²) < 4.78 is 0. The Bertz CT molecular complexity index is 374. The Labute approximate surface area is 88.9 Å². The standard InChI is InChI=1S/C12H14N2O/c15-12-11-9(10(14-11)7-13-12)6-8-4-2-1-3-5-8/h1-5,9-11,14H,6-7H2,(H,13,15). The Kier molecular flexibility index (Phi) is 1.99. The molecule has 3 nitrogen and oxygen atoms in total. The van der Waals surface area contributed by atoms with Gasteiger partial charge in [-0.25, -0.2) is 0 Å². The van der Waals surface area contributed by atoms with Crippen molar-refractivity contribution in [2.24, 2.45) is 5.92 Å². The minimum absolute atomic E-state index is 0.0453. The molecule has 1 aromatic carbocycles. The molecule has 2 bridgehead atoms. The third-order valence-corrected chi connectivity index (χ3v) is 3.43. The number of hydrogen-bond acceptors (Lipinski definition) is 2. The van der Waals surface area contributed by atoms with Crippen molar-refractivity contribution in [2.45, 2.75) is 18.5 Å². The molecule has 3 fully saturated rings. The number of amides is 1. The molecular formula is C12H14N2O. The van der Waals surface area contributed by atoms with Crippen LogP contribution in [0.5, 0.6) is 0 Å². The summed E-state index contributed by atoms with van der Waals surface area (Å²) in [5.74, 6) is 0.652. The maximum atomic E-state index is 11.5. The lowest BCUT2D eigenvalue weighted by Gasteiger charge is -2.49. The summed E-state index contributed by atoms with van der Waals surface area (Å²) in [7, 11) is 0. The summed E-state index contributed by atoms with van der Waals surface area (Å²) in [5, 5.41) is 6.18. The lowest BCUT2D eigenvalue weighted by Crippen LogP contribution is -2.75. The van der Waals surface area contributed by atoms with E-state index in [0.717, 1.165) is 13.0 Å². The fraction of sp³-hybridized carbons (Fsp3) is 0.417. The first-order valence-electron chi connectivity index (χ1n) is 5.42. The zero-order valence-electron chi connectivity index (χ0n) is 8.44. The molecule has 3 atom stereocenters. The van der Waals surface area contributed by atoms with Crippen molar-refractivity contribution in [3.63, 3.8) is 0 Å². The van der Waals surface area contributed by atoms with E-state index in [1.807, 2.05) is 6.07 Å². The van der Waals surface area contributed by atoms with Crippen LogP contribution in [0.15, 0.2) is 30.3 Å². The van der Waals surface area contributed by atoms with E-state index in [2.05, 4.69) is 34.9 Å². The van der Waals surface area contributed by atoms with Crippen molar-refractivity contribution in [2.75, 3.05) is 6.54 Å². The van der Waals surface area contributed by atoms with Crippen molar-refractivity contribution >= 4 is 5.91 Å². The molecule has 0 aliphatic carbocycles. The number of fused-ring (bicyclic) bond motifs is 2. The Balaban J connectivity index is 1.72. The van der Waals surface area contributed by atoms with E-state index in [-0.39, 0.29) is 11.9 Å². The number of nitrogens with one attached hydrogen (secondary N) is 2. The summed E-state index contributed by atoms with van der Waals surface area (Å²) in [5.41, 5.74) is 1.33. The molecule has 3 heterocycles. The Morgan fingerprint density at radius 1 is 1.27 bits per heavy atom. The van der Waals surface area contributed by atoms with Gasteiger partial charge in [-0.2, -0.15) is 0 Å². The second kappa shape index (κ2) is 3.35. The minimum atomic E-state index is 0.0453. The quantitative estimate of drug-likeness (QED) is 0.725. The maximum absolute atomic E-state index is 11.5. The first-order chi connectivity index (χ1) is 7.34. The van der Waals surface area contributed by atoms with E-state index in [1.165, 1.54) is 5.56 Å². The molecule has 3 aliphatic rings. The van der Waals surface area contributed by atoms with Gasteiger partial charge >= 0.3 is 0 Å². The first-order valence-corrected chi connectivity index (χ1v) is 5.42. The Hall–Kier alpha value is -1.35. The van der Waals surface area contributed by atoms with Crippen molar-refractivity contribution in [3.05, 3.63) is 35.9 Å². The summed E-state index contributed by atoms with van der Waals surface area (Å²) >= 11 is 0. The molecule has 0 spiro atoms. The van der Waals surface area contributed by atoms with Crippen LogP contribution in [0.2, 0.25) is 0 Å². The number of rotatable bonds is 2. The number of carbonyl (C=O) groups excluding carboxylic acids is 1. The van der Waals surface area contributed by atoms with Crippen molar-refractivity contribution < 1.29 is 4.79 Å². The molecule has 3 aliphatic heterocycles. The van der Waals surface area contributed by atoms with E-state index < -0.39 is 0 Å². The van der Waals surface area contributed by atoms with Crippen LogP contribution in [0.25, 0.3) is 0 Å². The van der Waals surface area contributed by atoms with Crippen LogP contribution < -0.4 is 10.6 Å². The zero-order chi connectivity index (χ0) is 10.3. The Morgan fingerprint density at radius 3 is 2.73 bits per heavy atom. The van der Waals surface area contributed by atoms with E-state index in [9.17, 15) is 4.79 Å². The predicted octanol–water partition coefficient (Wildman–Crippen LogP) is 0.315. The molecule has 3 unspecified atom stereocenters. The van der Waals surface area contributed by atoms with Gasteiger partial charge in [0.15, 0.2) is 0 Å². The van der Waals surface area contributed by atoms with Crippen LogP contribution in [0.3, 0.4) is 0 Å². The summed E-state index contributed by atoms with van der Waals surface area (Å²) in [6.45, 7) is 0.785. The van der Waals surface area contributed by atoms with Crippen LogP contribution in [0.1, 0.15) is 5.56 Å². The highest BCUT2D eigenvalue weighted by atomic mass is 16.2. The molecule has 2 N–H and O–H groups in total.